The van der Waals surface area contributed by atoms with E-state index in [1.54, 1.807) is 23.9 Å². The van der Waals surface area contributed by atoms with Gasteiger partial charge < -0.3 is 14.2 Å². The van der Waals surface area contributed by atoms with Gasteiger partial charge in [0.15, 0.2) is 0 Å². The van der Waals surface area contributed by atoms with Crippen LogP contribution in [0.1, 0.15) is 5.56 Å². The Kier molecular flexibility index (Phi) is 5.45. The van der Waals surface area contributed by atoms with E-state index in [4.69, 9.17) is 4.74 Å². The molecule has 4 rings (SSSR count). The summed E-state index contributed by atoms with van der Waals surface area (Å²) in [5.41, 5.74) is 2.00. The fraction of sp³-hybridized carbons (Fsp3) is 0.286. The number of ether oxygens (including phenoxy) is 1. The number of halogens is 1. The van der Waals surface area contributed by atoms with Crippen LogP contribution < -0.4 is 0 Å². The number of para-hydroxylation sites is 1. The zero-order valence-electron chi connectivity index (χ0n) is 14.9. The molecule has 0 aliphatic carbocycles. The maximum atomic E-state index is 13.5. The Morgan fingerprint density at radius 1 is 1.11 bits per heavy atom. The van der Waals surface area contributed by atoms with Gasteiger partial charge in [-0.1, -0.05) is 30.3 Å². The Morgan fingerprint density at radius 3 is 2.74 bits per heavy atom. The van der Waals surface area contributed by atoms with Crippen LogP contribution in [0.5, 0.6) is 0 Å². The highest BCUT2D eigenvalue weighted by Gasteiger charge is 2.18. The van der Waals surface area contributed by atoms with Crippen LogP contribution in [-0.4, -0.2) is 47.4 Å². The van der Waals surface area contributed by atoms with Crippen LogP contribution in [0.25, 0.3) is 10.9 Å². The van der Waals surface area contributed by atoms with Gasteiger partial charge in [0.1, 0.15) is 5.82 Å². The highest BCUT2D eigenvalue weighted by Crippen LogP contribution is 2.30. The first-order valence-corrected chi connectivity index (χ1v) is 10.00. The van der Waals surface area contributed by atoms with E-state index in [-0.39, 0.29) is 11.7 Å². The number of aromatic nitrogens is 1. The molecule has 0 unspecified atom stereocenters. The number of nitrogens with zero attached hydrogens (tertiary/aromatic N) is 2. The normalized spacial score (nSPS) is 14.6. The first-order chi connectivity index (χ1) is 13.2. The monoisotopic (exact) mass is 384 g/mol. The van der Waals surface area contributed by atoms with E-state index in [1.165, 1.54) is 6.07 Å². The molecule has 0 saturated carbocycles. The van der Waals surface area contributed by atoms with E-state index in [0.717, 1.165) is 21.4 Å². The number of benzene rings is 2. The van der Waals surface area contributed by atoms with Gasteiger partial charge in [0.25, 0.3) is 0 Å². The number of hydrogen-bond donors (Lipinski definition) is 0. The number of morpholine rings is 1. The lowest BCUT2D eigenvalue weighted by Crippen LogP contribution is -2.41. The Morgan fingerprint density at radius 2 is 1.93 bits per heavy atom. The maximum Gasteiger partial charge on any atom is 0.233 e. The van der Waals surface area contributed by atoms with Crippen molar-refractivity contribution in [2.24, 2.45) is 0 Å². The van der Waals surface area contributed by atoms with Gasteiger partial charge in [-0.2, -0.15) is 0 Å². The first-order valence-electron chi connectivity index (χ1n) is 9.01. The molecule has 1 fully saturated rings. The zero-order valence-corrected chi connectivity index (χ0v) is 15.8. The molecule has 0 bridgehead atoms. The maximum absolute atomic E-state index is 13.5. The van der Waals surface area contributed by atoms with E-state index in [2.05, 4.69) is 22.9 Å². The Hall–Kier alpha value is -2.31. The molecule has 2 aromatic carbocycles. The first kappa shape index (κ1) is 18.1. The minimum atomic E-state index is -0.227. The summed E-state index contributed by atoms with van der Waals surface area (Å²) in [4.78, 5) is 15.4. The van der Waals surface area contributed by atoms with Crippen molar-refractivity contribution in [3.63, 3.8) is 0 Å². The van der Waals surface area contributed by atoms with Gasteiger partial charge in [0.2, 0.25) is 5.91 Å². The van der Waals surface area contributed by atoms with E-state index >= 15 is 0 Å². The van der Waals surface area contributed by atoms with Gasteiger partial charge in [-0.15, -0.1) is 11.8 Å². The number of carbonyl (C=O) groups is 1. The molecule has 1 saturated heterocycles. The molecular weight excluding hydrogens is 363 g/mol. The van der Waals surface area contributed by atoms with E-state index in [9.17, 15) is 9.18 Å². The summed E-state index contributed by atoms with van der Waals surface area (Å²) in [6.45, 7) is 3.16. The molecule has 1 aliphatic rings. The lowest BCUT2D eigenvalue weighted by molar-refractivity contribution is -0.132. The Labute approximate surface area is 161 Å². The van der Waals surface area contributed by atoms with Crippen molar-refractivity contribution in [3.8, 4) is 0 Å². The van der Waals surface area contributed by atoms with Crippen LogP contribution in [0.2, 0.25) is 0 Å². The smallest absolute Gasteiger partial charge is 0.233 e. The summed E-state index contributed by atoms with van der Waals surface area (Å²) < 4.78 is 20.9. The average molecular weight is 384 g/mol. The third-order valence-electron chi connectivity index (χ3n) is 4.71. The van der Waals surface area contributed by atoms with Crippen molar-refractivity contribution in [2.45, 2.75) is 11.4 Å². The van der Waals surface area contributed by atoms with Gasteiger partial charge in [0, 0.05) is 41.6 Å². The number of fused-ring (bicyclic) bond motifs is 1. The summed E-state index contributed by atoms with van der Waals surface area (Å²) in [5, 5.41) is 1.12. The minimum absolute atomic E-state index is 0.144. The summed E-state index contributed by atoms with van der Waals surface area (Å²) in [6, 6.07) is 14.8. The van der Waals surface area contributed by atoms with Crippen LogP contribution in [-0.2, 0) is 16.1 Å². The lowest BCUT2D eigenvalue weighted by atomic mass is 10.2. The van der Waals surface area contributed by atoms with Crippen molar-refractivity contribution in [3.05, 3.63) is 66.1 Å². The Bertz CT molecular complexity index is 950. The largest absolute Gasteiger partial charge is 0.378 e. The molecule has 1 amide bonds. The fourth-order valence-electron chi connectivity index (χ4n) is 3.33. The summed E-state index contributed by atoms with van der Waals surface area (Å²) in [7, 11) is 0. The molecular formula is C21H21FN2O2S. The number of hydrogen-bond acceptors (Lipinski definition) is 3. The third-order valence-corrected chi connectivity index (χ3v) is 5.74. The van der Waals surface area contributed by atoms with Crippen molar-refractivity contribution < 1.29 is 13.9 Å². The number of thioether (sulfide) groups is 1. The van der Waals surface area contributed by atoms with Gasteiger partial charge >= 0.3 is 0 Å². The molecule has 4 nitrogen and oxygen atoms in total. The second-order valence-corrected chi connectivity index (χ2v) is 7.57. The molecule has 2 heterocycles. The van der Waals surface area contributed by atoms with Crippen molar-refractivity contribution in [1.82, 2.24) is 9.47 Å². The molecule has 0 atom stereocenters. The minimum Gasteiger partial charge on any atom is -0.378 e. The standard InChI is InChI=1S/C21H21FN2O2S/c22-17-5-3-4-16(12-17)13-24-14-20(18-6-1-2-7-19(18)24)27-15-21(25)23-8-10-26-11-9-23/h1-7,12,14H,8-11,13,15H2. The topological polar surface area (TPSA) is 34.5 Å². The molecule has 27 heavy (non-hydrogen) atoms. The molecule has 1 aromatic heterocycles. The second-order valence-electron chi connectivity index (χ2n) is 6.55. The SMILES string of the molecule is O=C(CSc1cn(Cc2cccc(F)c2)c2ccccc12)N1CCOCC1. The van der Waals surface area contributed by atoms with Crippen LogP contribution in [0.3, 0.4) is 0 Å². The molecule has 140 valence electrons. The molecule has 0 N–H and O–H groups in total. The molecule has 0 radical (unpaired) electrons. The van der Waals surface area contributed by atoms with Crippen molar-refractivity contribution in [2.75, 3.05) is 32.1 Å². The predicted octanol–water partition coefficient (Wildman–Crippen LogP) is 3.78. The van der Waals surface area contributed by atoms with Gasteiger partial charge in [-0.3, -0.25) is 4.79 Å². The van der Waals surface area contributed by atoms with Crippen molar-refractivity contribution in [1.29, 1.82) is 0 Å². The number of amides is 1. The average Bonchev–Trinajstić information content (AvgIpc) is 3.04. The van der Waals surface area contributed by atoms with Crippen molar-refractivity contribution >= 4 is 28.6 Å². The summed E-state index contributed by atoms with van der Waals surface area (Å²) in [5.74, 6) is 0.327. The highest BCUT2D eigenvalue weighted by atomic mass is 32.2. The number of carbonyl (C=O) groups excluding carboxylic acids is 1. The molecule has 3 aromatic rings. The highest BCUT2D eigenvalue weighted by molar-refractivity contribution is 8.00. The molecule has 6 heteroatoms. The zero-order chi connectivity index (χ0) is 18.6. The fourth-order valence-corrected chi connectivity index (χ4v) is 4.33. The lowest BCUT2D eigenvalue weighted by Gasteiger charge is -2.26. The second kappa shape index (κ2) is 8.15. The number of rotatable bonds is 5. The third kappa shape index (κ3) is 4.17. The van der Waals surface area contributed by atoms with E-state index < -0.39 is 0 Å². The quantitative estimate of drug-likeness (QED) is 0.628. The summed E-state index contributed by atoms with van der Waals surface area (Å²) >= 11 is 1.56. The van der Waals surface area contributed by atoms with Crippen LogP contribution >= 0.6 is 11.8 Å². The van der Waals surface area contributed by atoms with Crippen LogP contribution in [0.15, 0.2) is 59.6 Å². The van der Waals surface area contributed by atoms with Gasteiger partial charge in [-0.25, -0.2) is 4.39 Å². The van der Waals surface area contributed by atoms with Crippen LogP contribution in [0, 0.1) is 5.82 Å². The van der Waals surface area contributed by atoms with Gasteiger partial charge in [-0.05, 0) is 23.8 Å². The van der Waals surface area contributed by atoms with E-state index in [0.29, 0.717) is 38.6 Å². The molecule has 0 spiro atoms. The van der Waals surface area contributed by atoms with Crippen LogP contribution in [0.4, 0.5) is 4.39 Å². The van der Waals surface area contributed by atoms with Gasteiger partial charge in [0.05, 0.1) is 19.0 Å². The summed E-state index contributed by atoms with van der Waals surface area (Å²) in [6.07, 6.45) is 2.06. The predicted molar refractivity (Wildman–Crippen MR) is 106 cm³/mol. The van der Waals surface area contributed by atoms with E-state index in [1.807, 2.05) is 23.1 Å². The Balaban J connectivity index is 1.53. The molecule has 1 aliphatic heterocycles.